The normalized spacial score (nSPS) is 20.6. The van der Waals surface area contributed by atoms with Crippen LogP contribution in [0, 0.1) is 0 Å². The van der Waals surface area contributed by atoms with E-state index in [2.05, 4.69) is 5.32 Å². The van der Waals surface area contributed by atoms with E-state index in [1.807, 2.05) is 6.07 Å². The predicted octanol–water partition coefficient (Wildman–Crippen LogP) is 2.38. The molecule has 0 unspecified atom stereocenters. The van der Waals surface area contributed by atoms with Crippen molar-refractivity contribution in [3.63, 3.8) is 0 Å². The van der Waals surface area contributed by atoms with Crippen LogP contribution in [0.1, 0.15) is 16.8 Å². The number of hydrogen-bond acceptors (Lipinski definition) is 5. The number of rotatable bonds is 4. The maximum absolute atomic E-state index is 12.8. The first-order chi connectivity index (χ1) is 14.0. The van der Waals surface area contributed by atoms with Crippen LogP contribution in [-0.2, 0) is 14.8 Å². The number of carbonyl (C=O) groups excluding carboxylic acids is 2. The van der Waals surface area contributed by atoms with Crippen LogP contribution in [0.3, 0.4) is 0 Å². The minimum absolute atomic E-state index is 0.162. The zero-order valence-electron chi connectivity index (χ0n) is 15.7. The van der Waals surface area contributed by atoms with Crippen molar-refractivity contribution >= 4 is 45.0 Å². The van der Waals surface area contributed by atoms with Crippen molar-refractivity contribution in [2.75, 3.05) is 33.5 Å². The van der Waals surface area contributed by atoms with Gasteiger partial charge in [0.2, 0.25) is 15.9 Å². The van der Waals surface area contributed by atoms with Crippen LogP contribution in [0.5, 0.6) is 0 Å². The number of hydrogen-bond donors (Lipinski definition) is 1. The average Bonchev–Trinajstić information content (AvgIpc) is 3.35. The van der Waals surface area contributed by atoms with E-state index in [0.717, 1.165) is 0 Å². The second kappa shape index (κ2) is 8.08. The van der Waals surface area contributed by atoms with Crippen LogP contribution in [0.15, 0.2) is 54.6 Å². The number of nitrogens with one attached hydrogen (secondary N) is 1. The molecular weight excluding hydrogens is 410 g/mol. The number of nitrogens with zero attached hydrogens (tertiary/aromatic N) is 2. The topological polar surface area (TPSA) is 86.8 Å². The summed E-state index contributed by atoms with van der Waals surface area (Å²) in [7, 11) is -3.23. The maximum atomic E-state index is 12.8. The molecule has 29 heavy (non-hydrogen) atoms. The van der Waals surface area contributed by atoms with Gasteiger partial charge in [0.15, 0.2) is 0 Å². The summed E-state index contributed by atoms with van der Waals surface area (Å²) in [5.74, 6) is 0.758. The highest BCUT2D eigenvalue weighted by molar-refractivity contribution is 7.99. The number of carbonyl (C=O) groups is 2. The molecule has 0 bridgehead atoms. The van der Waals surface area contributed by atoms with E-state index in [9.17, 15) is 18.0 Å². The van der Waals surface area contributed by atoms with Gasteiger partial charge in [-0.05, 0) is 42.8 Å². The molecule has 4 rings (SSSR count). The number of benzene rings is 2. The van der Waals surface area contributed by atoms with Crippen LogP contribution in [0.4, 0.5) is 11.4 Å². The molecule has 2 aliphatic heterocycles. The molecule has 2 aromatic carbocycles. The Morgan fingerprint density at radius 2 is 1.76 bits per heavy atom. The highest BCUT2D eigenvalue weighted by atomic mass is 32.2. The number of anilines is 2. The highest BCUT2D eigenvalue weighted by Gasteiger charge is 2.35. The van der Waals surface area contributed by atoms with Gasteiger partial charge in [-0.15, -0.1) is 11.8 Å². The van der Waals surface area contributed by atoms with Gasteiger partial charge in [0, 0.05) is 23.5 Å². The molecule has 2 fully saturated rings. The Labute approximate surface area is 174 Å². The number of thioether (sulfide) groups is 1. The molecule has 2 saturated heterocycles. The maximum Gasteiger partial charge on any atom is 0.255 e. The predicted molar refractivity (Wildman–Crippen MR) is 115 cm³/mol. The molecule has 9 heteroatoms. The first kappa shape index (κ1) is 19.8. The van der Waals surface area contributed by atoms with Gasteiger partial charge in [-0.25, -0.2) is 8.42 Å². The Bertz CT molecular complexity index is 1010. The lowest BCUT2D eigenvalue weighted by Gasteiger charge is -2.23. The number of amides is 2. The highest BCUT2D eigenvalue weighted by Crippen LogP contribution is 2.27. The lowest BCUT2D eigenvalue weighted by atomic mass is 10.1. The Kier molecular flexibility index (Phi) is 5.51. The molecule has 2 amide bonds. The third-order valence-electron chi connectivity index (χ3n) is 4.99. The van der Waals surface area contributed by atoms with Crippen molar-refractivity contribution in [1.29, 1.82) is 0 Å². The van der Waals surface area contributed by atoms with Crippen molar-refractivity contribution in [3.05, 3.63) is 60.2 Å². The average molecular weight is 432 g/mol. The molecule has 0 radical (unpaired) electrons. The van der Waals surface area contributed by atoms with Gasteiger partial charge < -0.3 is 10.2 Å². The van der Waals surface area contributed by atoms with Crippen LogP contribution in [0.2, 0.25) is 0 Å². The number of sulfonamides is 1. The van der Waals surface area contributed by atoms with Crippen LogP contribution in [0.25, 0.3) is 0 Å². The Morgan fingerprint density at radius 1 is 1.03 bits per heavy atom. The summed E-state index contributed by atoms with van der Waals surface area (Å²) in [6.07, 6.45) is 0.617. The fraction of sp³-hybridized carbons (Fsp3) is 0.300. The quantitative estimate of drug-likeness (QED) is 0.803. The van der Waals surface area contributed by atoms with E-state index >= 15 is 0 Å². The molecule has 0 aromatic heterocycles. The van der Waals surface area contributed by atoms with Crippen LogP contribution in [-0.4, -0.2) is 55.1 Å². The first-order valence-corrected chi connectivity index (χ1v) is 12.1. The largest absolute Gasteiger partial charge is 0.324 e. The zero-order chi connectivity index (χ0) is 20.4. The monoisotopic (exact) mass is 431 g/mol. The van der Waals surface area contributed by atoms with E-state index in [0.29, 0.717) is 41.5 Å². The Balaban J connectivity index is 1.44. The van der Waals surface area contributed by atoms with E-state index in [1.54, 1.807) is 65.2 Å². The van der Waals surface area contributed by atoms with Crippen LogP contribution < -0.4 is 9.62 Å². The van der Waals surface area contributed by atoms with E-state index < -0.39 is 16.1 Å². The molecule has 2 aliphatic rings. The van der Waals surface area contributed by atoms with Gasteiger partial charge in [-0.1, -0.05) is 18.2 Å². The van der Waals surface area contributed by atoms with Crippen molar-refractivity contribution in [2.24, 2.45) is 0 Å². The minimum Gasteiger partial charge on any atom is -0.324 e. The fourth-order valence-corrected chi connectivity index (χ4v) is 6.19. The summed E-state index contributed by atoms with van der Waals surface area (Å²) in [5.41, 5.74) is 1.72. The molecule has 1 atom stereocenters. The van der Waals surface area contributed by atoms with Crippen molar-refractivity contribution in [2.45, 2.75) is 12.5 Å². The summed E-state index contributed by atoms with van der Waals surface area (Å²) in [4.78, 5) is 27.1. The fourth-order valence-electron chi connectivity index (χ4n) is 3.47. The third-order valence-corrected chi connectivity index (χ3v) is 7.87. The molecule has 0 saturated carbocycles. The van der Waals surface area contributed by atoms with Gasteiger partial charge in [0.05, 0.1) is 17.3 Å². The van der Waals surface area contributed by atoms with Gasteiger partial charge >= 0.3 is 0 Å². The standard InChI is InChI=1S/C20H21N3O4S2/c24-19(18-13-28-14-22(18)20(25)15-5-2-1-3-6-15)21-16-7-9-17(10-8-16)23-11-4-12-29(23,26)27/h1-3,5-10,18H,4,11-14H2,(H,21,24)/t18-/m0/s1. The van der Waals surface area contributed by atoms with Crippen molar-refractivity contribution in [1.82, 2.24) is 4.90 Å². The van der Waals surface area contributed by atoms with Gasteiger partial charge in [-0.3, -0.25) is 13.9 Å². The van der Waals surface area contributed by atoms with Gasteiger partial charge in [0.25, 0.3) is 5.91 Å². The Hall–Kier alpha value is -2.52. The molecule has 1 N–H and O–H groups in total. The zero-order valence-corrected chi connectivity index (χ0v) is 17.3. The lowest BCUT2D eigenvalue weighted by Crippen LogP contribution is -2.44. The SMILES string of the molecule is O=C(Nc1ccc(N2CCCS2(=O)=O)cc1)[C@@H]1CSCN1C(=O)c1ccccc1. The van der Waals surface area contributed by atoms with E-state index in [-0.39, 0.29) is 17.6 Å². The third kappa shape index (κ3) is 4.11. The summed E-state index contributed by atoms with van der Waals surface area (Å²) in [6, 6.07) is 15.1. The summed E-state index contributed by atoms with van der Waals surface area (Å²) >= 11 is 1.54. The first-order valence-electron chi connectivity index (χ1n) is 9.31. The van der Waals surface area contributed by atoms with Gasteiger partial charge in [-0.2, -0.15) is 0 Å². The minimum atomic E-state index is -3.23. The molecule has 2 aromatic rings. The van der Waals surface area contributed by atoms with Crippen molar-refractivity contribution in [3.8, 4) is 0 Å². The van der Waals surface area contributed by atoms with Crippen LogP contribution >= 0.6 is 11.8 Å². The van der Waals surface area contributed by atoms with Gasteiger partial charge in [0.1, 0.15) is 6.04 Å². The summed E-state index contributed by atoms with van der Waals surface area (Å²) in [5, 5.41) is 2.84. The molecular formula is C20H21N3O4S2. The second-order valence-corrected chi connectivity index (χ2v) is 9.95. The smallest absolute Gasteiger partial charge is 0.255 e. The Morgan fingerprint density at radius 3 is 2.41 bits per heavy atom. The van der Waals surface area contributed by atoms with E-state index in [4.69, 9.17) is 0 Å². The molecule has 0 aliphatic carbocycles. The molecule has 152 valence electrons. The molecule has 0 spiro atoms. The lowest BCUT2D eigenvalue weighted by molar-refractivity contribution is -0.119. The summed E-state index contributed by atoms with van der Waals surface area (Å²) < 4.78 is 25.5. The second-order valence-electron chi connectivity index (χ2n) is 6.93. The summed E-state index contributed by atoms with van der Waals surface area (Å²) in [6.45, 7) is 0.476. The van der Waals surface area contributed by atoms with E-state index in [1.165, 1.54) is 4.31 Å². The van der Waals surface area contributed by atoms with Crippen molar-refractivity contribution < 1.29 is 18.0 Å². The molecule has 7 nitrogen and oxygen atoms in total. The molecule has 2 heterocycles.